The number of para-hydroxylation sites is 1. The minimum absolute atomic E-state index is 0.00296. The molecule has 0 radical (unpaired) electrons. The molecule has 1 aliphatic carbocycles. The van der Waals surface area contributed by atoms with Gasteiger partial charge in [0.2, 0.25) is 6.79 Å². The highest BCUT2D eigenvalue weighted by atomic mass is 16.7. The number of piperidine rings is 1. The number of ether oxygens (including phenoxy) is 2. The Morgan fingerprint density at radius 1 is 1.10 bits per heavy atom. The number of carbonyl (C=O) groups is 1. The molecule has 1 unspecified atom stereocenters. The lowest BCUT2D eigenvalue weighted by atomic mass is 9.66. The zero-order valence-corrected chi connectivity index (χ0v) is 17.1. The lowest BCUT2D eigenvalue weighted by Gasteiger charge is -2.50. The Morgan fingerprint density at radius 3 is 2.80 bits per heavy atom. The molecule has 1 saturated carbocycles. The molecular formula is C24H29N2O4+. The van der Waals surface area contributed by atoms with Crippen molar-refractivity contribution in [2.45, 2.75) is 43.7 Å². The van der Waals surface area contributed by atoms with Gasteiger partial charge in [0, 0.05) is 23.6 Å². The van der Waals surface area contributed by atoms with Crippen molar-refractivity contribution in [2.24, 2.45) is 5.92 Å². The van der Waals surface area contributed by atoms with E-state index in [-0.39, 0.29) is 24.7 Å². The summed E-state index contributed by atoms with van der Waals surface area (Å²) in [6.07, 6.45) is 4.77. The van der Waals surface area contributed by atoms with E-state index in [2.05, 4.69) is 11.4 Å². The number of fused-ring (bicyclic) bond motifs is 2. The van der Waals surface area contributed by atoms with Gasteiger partial charge in [-0.05, 0) is 43.2 Å². The molecule has 2 fully saturated rings. The van der Waals surface area contributed by atoms with Gasteiger partial charge in [-0.3, -0.25) is 4.79 Å². The smallest absolute Gasteiger partial charge is 0.279 e. The second-order valence-electron chi connectivity index (χ2n) is 8.80. The molecule has 5 rings (SSSR count). The quantitative estimate of drug-likeness (QED) is 0.725. The van der Waals surface area contributed by atoms with Crippen molar-refractivity contribution >= 4 is 11.6 Å². The van der Waals surface area contributed by atoms with Gasteiger partial charge in [0.05, 0.1) is 12.1 Å². The fourth-order valence-electron chi connectivity index (χ4n) is 5.56. The van der Waals surface area contributed by atoms with Crippen LogP contribution in [-0.2, 0) is 4.79 Å². The molecule has 3 N–H and O–H groups in total. The standard InChI is InChI=1S/C24H28N2O4/c27-22(25-18-6-2-1-3-7-18)15-26-13-12-24(28)11-5-4-8-19(24)23(26)17-9-10-20-21(14-17)30-16-29-20/h1-3,6-7,9-10,14,19,23,28H,4-5,8,11-13,15-16H2,(H,25,27)/p+1/t19-,23-,24-/m1/s1. The first-order valence-corrected chi connectivity index (χ1v) is 10.9. The summed E-state index contributed by atoms with van der Waals surface area (Å²) in [5.41, 5.74) is 1.29. The van der Waals surface area contributed by atoms with Gasteiger partial charge in [-0.15, -0.1) is 0 Å². The number of nitrogens with one attached hydrogen (secondary N) is 2. The fraction of sp³-hybridized carbons (Fsp3) is 0.458. The SMILES string of the molecule is O=C(C[NH+]1CC[C@]2(O)CCCC[C@@H]2[C@H]1c1ccc2c(c1)OCO2)Nc1ccccc1. The molecule has 6 heteroatoms. The normalized spacial score (nSPS) is 29.8. The minimum atomic E-state index is -0.640. The zero-order chi connectivity index (χ0) is 20.6. The van der Waals surface area contributed by atoms with Gasteiger partial charge < -0.3 is 24.8 Å². The van der Waals surface area contributed by atoms with Crippen LogP contribution in [0, 0.1) is 5.92 Å². The third-order valence-corrected chi connectivity index (χ3v) is 6.99. The van der Waals surface area contributed by atoms with E-state index in [4.69, 9.17) is 9.47 Å². The van der Waals surface area contributed by atoms with Crippen molar-refractivity contribution in [1.82, 2.24) is 0 Å². The summed E-state index contributed by atoms with van der Waals surface area (Å²) < 4.78 is 11.1. The number of amides is 1. The highest BCUT2D eigenvalue weighted by Crippen LogP contribution is 2.45. The Balaban J connectivity index is 1.42. The van der Waals surface area contributed by atoms with E-state index >= 15 is 0 Å². The minimum Gasteiger partial charge on any atom is -0.454 e. The average Bonchev–Trinajstić information content (AvgIpc) is 3.22. The molecular weight excluding hydrogens is 380 g/mol. The lowest BCUT2D eigenvalue weighted by molar-refractivity contribution is -0.937. The van der Waals surface area contributed by atoms with Crippen molar-refractivity contribution in [3.05, 3.63) is 54.1 Å². The van der Waals surface area contributed by atoms with Crippen molar-refractivity contribution in [3.63, 3.8) is 0 Å². The monoisotopic (exact) mass is 409 g/mol. The van der Waals surface area contributed by atoms with Crippen LogP contribution in [0.3, 0.4) is 0 Å². The topological polar surface area (TPSA) is 72.2 Å². The zero-order valence-electron chi connectivity index (χ0n) is 17.1. The number of benzene rings is 2. The summed E-state index contributed by atoms with van der Waals surface area (Å²) in [6.45, 7) is 1.39. The molecule has 0 bridgehead atoms. The van der Waals surface area contributed by atoms with Gasteiger partial charge in [0.15, 0.2) is 18.0 Å². The van der Waals surface area contributed by atoms with Gasteiger partial charge in [-0.1, -0.05) is 31.0 Å². The Bertz CT molecular complexity index is 919. The van der Waals surface area contributed by atoms with E-state index in [9.17, 15) is 9.90 Å². The molecule has 2 aliphatic heterocycles. The van der Waals surface area contributed by atoms with E-state index in [0.717, 1.165) is 61.4 Å². The molecule has 30 heavy (non-hydrogen) atoms. The highest BCUT2D eigenvalue weighted by molar-refractivity contribution is 5.91. The summed E-state index contributed by atoms with van der Waals surface area (Å²) in [4.78, 5) is 14.1. The van der Waals surface area contributed by atoms with E-state index in [1.165, 1.54) is 4.90 Å². The first kappa shape index (κ1) is 19.4. The first-order valence-electron chi connectivity index (χ1n) is 10.9. The van der Waals surface area contributed by atoms with Crippen LogP contribution in [0.15, 0.2) is 48.5 Å². The summed E-state index contributed by atoms with van der Waals surface area (Å²) in [5, 5.41) is 14.5. The van der Waals surface area contributed by atoms with Crippen LogP contribution < -0.4 is 19.7 Å². The van der Waals surface area contributed by atoms with Crippen LogP contribution in [0.25, 0.3) is 0 Å². The number of rotatable bonds is 4. The van der Waals surface area contributed by atoms with E-state index in [1.807, 2.05) is 42.5 Å². The van der Waals surface area contributed by atoms with Gasteiger partial charge in [0.25, 0.3) is 5.91 Å². The number of likely N-dealkylation sites (tertiary alicyclic amines) is 1. The van der Waals surface area contributed by atoms with E-state index < -0.39 is 5.60 Å². The molecule has 0 aromatic heterocycles. The molecule has 2 heterocycles. The molecule has 2 aromatic rings. The highest BCUT2D eigenvalue weighted by Gasteiger charge is 2.52. The molecule has 4 atom stereocenters. The van der Waals surface area contributed by atoms with Gasteiger partial charge in [-0.2, -0.15) is 0 Å². The van der Waals surface area contributed by atoms with Gasteiger partial charge in [0.1, 0.15) is 6.04 Å². The third kappa shape index (κ3) is 3.66. The Morgan fingerprint density at radius 2 is 1.93 bits per heavy atom. The summed E-state index contributed by atoms with van der Waals surface area (Å²) in [7, 11) is 0. The van der Waals surface area contributed by atoms with Crippen LogP contribution in [0.5, 0.6) is 11.5 Å². The van der Waals surface area contributed by atoms with Gasteiger partial charge >= 0.3 is 0 Å². The molecule has 158 valence electrons. The molecule has 6 nitrogen and oxygen atoms in total. The Labute approximate surface area is 176 Å². The van der Waals surface area contributed by atoms with E-state index in [1.54, 1.807) is 0 Å². The largest absolute Gasteiger partial charge is 0.454 e. The second-order valence-corrected chi connectivity index (χ2v) is 8.80. The summed E-state index contributed by atoms with van der Waals surface area (Å²) >= 11 is 0. The maximum Gasteiger partial charge on any atom is 0.279 e. The van der Waals surface area contributed by atoms with Crippen molar-refractivity contribution in [2.75, 3.05) is 25.2 Å². The number of anilines is 1. The number of quaternary nitrogens is 1. The second kappa shape index (κ2) is 7.93. The lowest BCUT2D eigenvalue weighted by Crippen LogP contribution is -3.16. The maximum atomic E-state index is 12.8. The van der Waals surface area contributed by atoms with Crippen molar-refractivity contribution in [1.29, 1.82) is 0 Å². The molecule has 3 aliphatic rings. The Kier molecular flexibility index (Phi) is 5.13. The Hall–Kier alpha value is -2.57. The van der Waals surface area contributed by atoms with E-state index in [0.29, 0.717) is 6.54 Å². The summed E-state index contributed by atoms with van der Waals surface area (Å²) in [5.74, 6) is 1.66. The van der Waals surface area contributed by atoms with Crippen molar-refractivity contribution in [3.8, 4) is 11.5 Å². The predicted octanol–water partition coefficient (Wildman–Crippen LogP) is 2.30. The first-order chi connectivity index (χ1) is 14.6. The van der Waals surface area contributed by atoms with Crippen LogP contribution >= 0.6 is 0 Å². The average molecular weight is 410 g/mol. The molecule has 0 spiro atoms. The van der Waals surface area contributed by atoms with Crippen LogP contribution in [0.2, 0.25) is 0 Å². The molecule has 1 saturated heterocycles. The third-order valence-electron chi connectivity index (χ3n) is 6.99. The number of hydrogen-bond acceptors (Lipinski definition) is 4. The fourth-order valence-corrected chi connectivity index (χ4v) is 5.56. The van der Waals surface area contributed by atoms with Gasteiger partial charge in [-0.25, -0.2) is 0 Å². The van der Waals surface area contributed by atoms with Crippen LogP contribution in [0.1, 0.15) is 43.7 Å². The number of hydrogen-bond donors (Lipinski definition) is 3. The van der Waals surface area contributed by atoms with Crippen LogP contribution in [0.4, 0.5) is 5.69 Å². The number of carbonyl (C=O) groups excluding carboxylic acids is 1. The number of aliphatic hydroxyl groups is 1. The summed E-state index contributed by atoms with van der Waals surface area (Å²) in [6, 6.07) is 15.7. The molecule has 2 aromatic carbocycles. The predicted molar refractivity (Wildman–Crippen MR) is 113 cm³/mol. The van der Waals surface area contributed by atoms with Crippen molar-refractivity contribution < 1.29 is 24.3 Å². The van der Waals surface area contributed by atoms with Crippen LogP contribution in [-0.4, -0.2) is 36.5 Å². The maximum absolute atomic E-state index is 12.8. The molecule has 1 amide bonds.